The lowest BCUT2D eigenvalue weighted by molar-refractivity contribution is -0.384. The molecular weight excluding hydrogens is 278 g/mol. The average Bonchev–Trinajstić information content (AvgIpc) is 2.38. The van der Waals surface area contributed by atoms with E-state index in [1.165, 1.54) is 38.1 Å². The maximum absolute atomic E-state index is 10.7. The fraction of sp³-hybridized carbons (Fsp3) is 0.571. The number of nitro groups is 1. The second kappa shape index (κ2) is 4.90. The van der Waals surface area contributed by atoms with Crippen LogP contribution in [0.15, 0.2) is 18.2 Å². The van der Waals surface area contributed by atoms with Crippen LogP contribution in [0.5, 0.6) is 0 Å². The summed E-state index contributed by atoms with van der Waals surface area (Å²) in [6, 6.07) is 4.74. The Morgan fingerprint density at radius 2 is 1.95 bits per heavy atom. The average molecular weight is 296 g/mol. The monoisotopic (exact) mass is 295 g/mol. The first kappa shape index (κ1) is 13.6. The Morgan fingerprint density at radius 3 is 2.45 bits per heavy atom. The number of anilines is 1. The summed E-state index contributed by atoms with van der Waals surface area (Å²) < 4.78 is 0. The largest absolute Gasteiger partial charge is 0.370 e. The van der Waals surface area contributed by atoms with Crippen molar-refractivity contribution in [2.75, 3.05) is 38.1 Å². The molecule has 0 N–H and O–H groups in total. The number of hydrogen-bond donors (Lipinski definition) is 0. The van der Waals surface area contributed by atoms with Gasteiger partial charge >= 0.3 is 0 Å². The van der Waals surface area contributed by atoms with Crippen molar-refractivity contribution in [3.8, 4) is 0 Å². The molecule has 0 aliphatic carbocycles. The Hall–Kier alpha value is -1.33. The zero-order valence-electron chi connectivity index (χ0n) is 11.5. The first-order chi connectivity index (χ1) is 9.49. The summed E-state index contributed by atoms with van der Waals surface area (Å²) in [5, 5.41) is 11.2. The number of rotatable bonds is 2. The molecule has 3 rings (SSSR count). The third-order valence-electron chi connectivity index (χ3n) is 4.52. The Balaban J connectivity index is 1.70. The van der Waals surface area contributed by atoms with Gasteiger partial charge < -0.3 is 9.80 Å². The highest BCUT2D eigenvalue weighted by Crippen LogP contribution is 2.41. The number of halogens is 1. The maximum atomic E-state index is 10.7. The van der Waals surface area contributed by atoms with Crippen LogP contribution in [-0.2, 0) is 0 Å². The minimum atomic E-state index is -0.412. The van der Waals surface area contributed by atoms with Crippen molar-refractivity contribution >= 4 is 23.0 Å². The summed E-state index contributed by atoms with van der Waals surface area (Å²) in [7, 11) is 2.16. The van der Waals surface area contributed by atoms with Crippen molar-refractivity contribution in [1.29, 1.82) is 0 Å². The molecule has 2 fully saturated rings. The summed E-state index contributed by atoms with van der Waals surface area (Å²) in [6.45, 7) is 4.33. The van der Waals surface area contributed by atoms with Crippen LogP contribution in [-0.4, -0.2) is 43.0 Å². The molecule has 6 heteroatoms. The molecule has 0 aromatic heterocycles. The lowest BCUT2D eigenvalue weighted by Gasteiger charge is -2.53. The van der Waals surface area contributed by atoms with Gasteiger partial charge in [-0.3, -0.25) is 10.1 Å². The second-order valence-electron chi connectivity index (χ2n) is 6.05. The number of piperidine rings is 1. The van der Waals surface area contributed by atoms with Gasteiger partial charge in [-0.25, -0.2) is 0 Å². The van der Waals surface area contributed by atoms with Gasteiger partial charge in [-0.15, -0.1) is 0 Å². The molecular formula is C14H18ClN3O2. The van der Waals surface area contributed by atoms with Gasteiger partial charge in [-0.05, 0) is 31.4 Å². The van der Waals surface area contributed by atoms with E-state index >= 15 is 0 Å². The van der Waals surface area contributed by atoms with E-state index in [0.29, 0.717) is 10.4 Å². The van der Waals surface area contributed by atoms with E-state index in [4.69, 9.17) is 11.6 Å². The van der Waals surface area contributed by atoms with Crippen LogP contribution < -0.4 is 4.90 Å². The summed E-state index contributed by atoms with van der Waals surface area (Å²) in [6.07, 6.45) is 2.34. The van der Waals surface area contributed by atoms with E-state index in [0.717, 1.165) is 18.8 Å². The molecule has 0 atom stereocenters. The molecule has 2 aliphatic heterocycles. The van der Waals surface area contributed by atoms with E-state index in [1.807, 2.05) is 0 Å². The topological polar surface area (TPSA) is 49.6 Å². The third kappa shape index (κ3) is 2.36. The van der Waals surface area contributed by atoms with E-state index in [-0.39, 0.29) is 5.69 Å². The van der Waals surface area contributed by atoms with Gasteiger partial charge in [0.05, 0.1) is 15.6 Å². The lowest BCUT2D eigenvalue weighted by Crippen LogP contribution is -2.58. The SMILES string of the molecule is CN1CC2(CCN(c3ccc([N+](=O)[O-])cc3Cl)CC2)C1. The highest BCUT2D eigenvalue weighted by molar-refractivity contribution is 6.33. The quantitative estimate of drug-likeness (QED) is 0.622. The molecule has 108 valence electrons. The molecule has 5 nitrogen and oxygen atoms in total. The van der Waals surface area contributed by atoms with Gasteiger partial charge in [0.2, 0.25) is 0 Å². The van der Waals surface area contributed by atoms with Crippen molar-refractivity contribution < 1.29 is 4.92 Å². The Morgan fingerprint density at radius 1 is 1.30 bits per heavy atom. The van der Waals surface area contributed by atoms with Crippen LogP contribution >= 0.6 is 11.6 Å². The number of nitro benzene ring substituents is 1. The molecule has 0 saturated carbocycles. The van der Waals surface area contributed by atoms with E-state index in [1.54, 1.807) is 6.07 Å². The van der Waals surface area contributed by atoms with Crippen LogP contribution in [0.25, 0.3) is 0 Å². The Kier molecular flexibility index (Phi) is 3.34. The molecule has 0 bridgehead atoms. The minimum absolute atomic E-state index is 0.0489. The predicted molar refractivity (Wildman–Crippen MR) is 79.5 cm³/mol. The van der Waals surface area contributed by atoms with Gasteiger partial charge in [0.15, 0.2) is 0 Å². The molecule has 2 saturated heterocycles. The summed E-state index contributed by atoms with van der Waals surface area (Å²) in [4.78, 5) is 14.9. The second-order valence-corrected chi connectivity index (χ2v) is 6.46. The predicted octanol–water partition coefficient (Wildman–Crippen LogP) is 2.78. The molecule has 1 spiro atoms. The maximum Gasteiger partial charge on any atom is 0.271 e. The first-order valence-corrected chi connectivity index (χ1v) is 7.24. The van der Waals surface area contributed by atoms with Gasteiger partial charge in [-0.2, -0.15) is 0 Å². The normalized spacial score (nSPS) is 21.8. The van der Waals surface area contributed by atoms with Gasteiger partial charge in [0, 0.05) is 38.3 Å². The number of nitrogens with zero attached hydrogens (tertiary/aromatic N) is 3. The number of hydrogen-bond acceptors (Lipinski definition) is 4. The fourth-order valence-corrected chi connectivity index (χ4v) is 3.80. The van der Waals surface area contributed by atoms with Crippen molar-refractivity contribution in [1.82, 2.24) is 4.90 Å². The van der Waals surface area contributed by atoms with E-state index in [2.05, 4.69) is 16.8 Å². The molecule has 1 aromatic carbocycles. The number of benzene rings is 1. The Bertz CT molecular complexity index is 533. The van der Waals surface area contributed by atoms with Crippen LogP contribution in [0.4, 0.5) is 11.4 Å². The molecule has 0 unspecified atom stereocenters. The van der Waals surface area contributed by atoms with Crippen LogP contribution in [0, 0.1) is 15.5 Å². The molecule has 2 heterocycles. The zero-order chi connectivity index (χ0) is 14.3. The highest BCUT2D eigenvalue weighted by atomic mass is 35.5. The summed E-state index contributed by atoms with van der Waals surface area (Å²) >= 11 is 6.19. The third-order valence-corrected chi connectivity index (χ3v) is 4.82. The molecule has 1 aromatic rings. The smallest absolute Gasteiger partial charge is 0.271 e. The van der Waals surface area contributed by atoms with Gasteiger partial charge in [-0.1, -0.05) is 11.6 Å². The number of non-ortho nitro benzene ring substituents is 1. The first-order valence-electron chi connectivity index (χ1n) is 6.87. The van der Waals surface area contributed by atoms with Crippen LogP contribution in [0.2, 0.25) is 5.02 Å². The van der Waals surface area contributed by atoms with Crippen molar-refractivity contribution in [2.24, 2.45) is 5.41 Å². The molecule has 2 aliphatic rings. The van der Waals surface area contributed by atoms with Crippen molar-refractivity contribution in [3.63, 3.8) is 0 Å². The van der Waals surface area contributed by atoms with Gasteiger partial charge in [0.1, 0.15) is 0 Å². The number of likely N-dealkylation sites (tertiary alicyclic amines) is 1. The molecule has 20 heavy (non-hydrogen) atoms. The van der Waals surface area contributed by atoms with Crippen molar-refractivity contribution in [2.45, 2.75) is 12.8 Å². The van der Waals surface area contributed by atoms with E-state index in [9.17, 15) is 10.1 Å². The van der Waals surface area contributed by atoms with Crippen LogP contribution in [0.3, 0.4) is 0 Å². The lowest BCUT2D eigenvalue weighted by atomic mass is 9.72. The minimum Gasteiger partial charge on any atom is -0.370 e. The van der Waals surface area contributed by atoms with Crippen LogP contribution in [0.1, 0.15) is 12.8 Å². The molecule has 0 amide bonds. The fourth-order valence-electron chi connectivity index (χ4n) is 3.50. The van der Waals surface area contributed by atoms with Crippen molar-refractivity contribution in [3.05, 3.63) is 33.3 Å². The zero-order valence-corrected chi connectivity index (χ0v) is 12.3. The standard InChI is InChI=1S/C14H18ClN3O2/c1-16-9-14(10-16)4-6-17(7-5-14)13-3-2-11(18(19)20)8-12(13)15/h2-3,8H,4-7,9-10H2,1H3. The van der Waals surface area contributed by atoms with E-state index < -0.39 is 4.92 Å². The molecule has 0 radical (unpaired) electrons. The van der Waals surface area contributed by atoms with Gasteiger partial charge in [0.25, 0.3) is 5.69 Å². The highest BCUT2D eigenvalue weighted by Gasteiger charge is 2.43. The summed E-state index contributed by atoms with van der Waals surface area (Å²) in [5.74, 6) is 0. The Labute approximate surface area is 123 Å². The summed E-state index contributed by atoms with van der Waals surface area (Å²) in [5.41, 5.74) is 1.46.